The van der Waals surface area contributed by atoms with Crippen LogP contribution in [0.4, 0.5) is 0 Å². The van der Waals surface area contributed by atoms with Crippen molar-refractivity contribution in [2.75, 3.05) is 0 Å². The summed E-state index contributed by atoms with van der Waals surface area (Å²) in [5.74, 6) is -0.931. The average Bonchev–Trinajstić information content (AvgIpc) is 3.04. The third-order valence-corrected chi connectivity index (χ3v) is 4.09. The smallest absolute Gasteiger partial charge is 0.305 e. The molecule has 104 valence electrons. The molecule has 2 unspecified atom stereocenters. The van der Waals surface area contributed by atoms with Crippen molar-refractivity contribution < 1.29 is 14.7 Å². The van der Waals surface area contributed by atoms with Crippen LogP contribution >= 0.6 is 11.3 Å². The molecule has 0 aliphatic heterocycles. The number of nitrogens with zero attached hydrogens (tertiary/aromatic N) is 1. The second-order valence-electron chi connectivity index (χ2n) is 4.87. The van der Waals surface area contributed by atoms with E-state index in [4.69, 9.17) is 10.8 Å². The lowest BCUT2D eigenvalue weighted by Crippen LogP contribution is -2.38. The molecule has 4 N–H and O–H groups in total. The molecule has 1 aromatic heterocycles. The highest BCUT2D eigenvalue weighted by molar-refractivity contribution is 7.09. The van der Waals surface area contributed by atoms with Gasteiger partial charge in [0.2, 0.25) is 0 Å². The van der Waals surface area contributed by atoms with Crippen molar-refractivity contribution in [2.24, 2.45) is 11.7 Å². The summed E-state index contributed by atoms with van der Waals surface area (Å²) in [6.45, 7) is 1.80. The molecule has 1 fully saturated rings. The molecule has 1 aliphatic rings. The first-order valence-electron chi connectivity index (χ1n) is 6.21. The fourth-order valence-electron chi connectivity index (χ4n) is 1.87. The Balaban J connectivity index is 1.99. The zero-order chi connectivity index (χ0) is 14.0. The zero-order valence-electron chi connectivity index (χ0n) is 10.6. The van der Waals surface area contributed by atoms with E-state index in [9.17, 15) is 9.59 Å². The van der Waals surface area contributed by atoms with Crippen molar-refractivity contribution in [1.29, 1.82) is 0 Å². The number of rotatable bonds is 6. The summed E-state index contributed by atoms with van der Waals surface area (Å²) >= 11 is 1.34. The minimum absolute atomic E-state index is 0.0410. The topological polar surface area (TPSA) is 105 Å². The van der Waals surface area contributed by atoms with Gasteiger partial charge >= 0.3 is 5.97 Å². The van der Waals surface area contributed by atoms with Gasteiger partial charge in [0.05, 0.1) is 12.5 Å². The van der Waals surface area contributed by atoms with Gasteiger partial charge in [-0.3, -0.25) is 9.59 Å². The van der Waals surface area contributed by atoms with Crippen LogP contribution in [0.5, 0.6) is 0 Å². The largest absolute Gasteiger partial charge is 0.481 e. The van der Waals surface area contributed by atoms with Gasteiger partial charge in [-0.25, -0.2) is 4.98 Å². The van der Waals surface area contributed by atoms with Gasteiger partial charge in [0.15, 0.2) is 0 Å². The molecule has 6 nitrogen and oxygen atoms in total. The minimum Gasteiger partial charge on any atom is -0.481 e. The molecule has 1 saturated carbocycles. The van der Waals surface area contributed by atoms with Gasteiger partial charge in [-0.05, 0) is 25.7 Å². The van der Waals surface area contributed by atoms with Crippen molar-refractivity contribution in [1.82, 2.24) is 10.3 Å². The molecule has 2 rings (SSSR count). The van der Waals surface area contributed by atoms with E-state index in [1.807, 2.05) is 0 Å². The van der Waals surface area contributed by atoms with E-state index < -0.39 is 5.97 Å². The molecule has 0 radical (unpaired) electrons. The molecule has 19 heavy (non-hydrogen) atoms. The number of hydrogen-bond acceptors (Lipinski definition) is 5. The summed E-state index contributed by atoms with van der Waals surface area (Å²) in [6, 6.07) is -0.504. The van der Waals surface area contributed by atoms with Gasteiger partial charge in [0.1, 0.15) is 10.7 Å². The van der Waals surface area contributed by atoms with Crippen LogP contribution in [0.1, 0.15) is 47.7 Å². The fraction of sp³-hybridized carbons (Fsp3) is 0.583. The molecule has 0 bridgehead atoms. The maximum absolute atomic E-state index is 12.0. The van der Waals surface area contributed by atoms with Crippen LogP contribution in [0, 0.1) is 5.92 Å². The predicted molar refractivity (Wildman–Crippen MR) is 70.9 cm³/mol. The van der Waals surface area contributed by atoms with Crippen molar-refractivity contribution >= 4 is 23.2 Å². The maximum Gasteiger partial charge on any atom is 0.305 e. The quantitative estimate of drug-likeness (QED) is 0.726. The highest BCUT2D eigenvalue weighted by Gasteiger charge is 2.34. The number of thiazole rings is 1. The Labute approximate surface area is 115 Å². The summed E-state index contributed by atoms with van der Waals surface area (Å²) in [7, 11) is 0. The van der Waals surface area contributed by atoms with Gasteiger partial charge < -0.3 is 16.2 Å². The van der Waals surface area contributed by atoms with Crippen LogP contribution in [0.15, 0.2) is 5.38 Å². The number of amides is 1. The summed E-state index contributed by atoms with van der Waals surface area (Å²) in [6.07, 6.45) is 1.90. The van der Waals surface area contributed by atoms with E-state index in [2.05, 4.69) is 10.3 Å². The number of carbonyl (C=O) groups is 2. The molecule has 1 amide bonds. The Hall–Kier alpha value is -1.47. The second-order valence-corrected chi connectivity index (χ2v) is 5.76. The molecular formula is C12H17N3O3S. The molecule has 7 heteroatoms. The first-order valence-corrected chi connectivity index (χ1v) is 7.09. The van der Waals surface area contributed by atoms with Crippen molar-refractivity contribution in [3.63, 3.8) is 0 Å². The van der Waals surface area contributed by atoms with E-state index in [0.717, 1.165) is 12.8 Å². The van der Waals surface area contributed by atoms with Gasteiger partial charge in [-0.1, -0.05) is 0 Å². The Morgan fingerprint density at radius 2 is 2.32 bits per heavy atom. The molecule has 0 spiro atoms. The number of nitrogens with one attached hydrogen (secondary N) is 1. The van der Waals surface area contributed by atoms with Crippen LogP contribution in [-0.2, 0) is 4.79 Å². The molecule has 0 aromatic carbocycles. The average molecular weight is 283 g/mol. The zero-order valence-corrected chi connectivity index (χ0v) is 11.4. The number of carbonyl (C=O) groups excluding carboxylic acids is 1. The highest BCUT2D eigenvalue weighted by Crippen LogP contribution is 2.34. The van der Waals surface area contributed by atoms with Crippen LogP contribution in [0.2, 0.25) is 0 Å². The van der Waals surface area contributed by atoms with E-state index in [0.29, 0.717) is 10.7 Å². The van der Waals surface area contributed by atoms with Gasteiger partial charge in [-0.15, -0.1) is 11.3 Å². The third kappa shape index (κ3) is 3.74. The first kappa shape index (κ1) is 14.0. The van der Waals surface area contributed by atoms with Crippen LogP contribution < -0.4 is 11.1 Å². The number of hydrogen-bond donors (Lipinski definition) is 3. The SMILES string of the molecule is CC(N)c1nc(C(=O)NC(CC(=O)O)C2CC2)cs1. The lowest BCUT2D eigenvalue weighted by atomic mass is 10.1. The lowest BCUT2D eigenvalue weighted by Gasteiger charge is -2.15. The van der Waals surface area contributed by atoms with Gasteiger partial charge in [-0.2, -0.15) is 0 Å². The summed E-state index contributed by atoms with van der Waals surface area (Å²) in [5, 5.41) is 14.0. The van der Waals surface area contributed by atoms with Gasteiger partial charge in [0.25, 0.3) is 5.91 Å². The number of aliphatic carboxylic acids is 1. The summed E-state index contributed by atoms with van der Waals surface area (Å²) in [5.41, 5.74) is 6.00. The Morgan fingerprint density at radius 1 is 1.63 bits per heavy atom. The van der Waals surface area contributed by atoms with Crippen LogP contribution in [-0.4, -0.2) is 28.0 Å². The molecule has 2 atom stereocenters. The van der Waals surface area contributed by atoms with E-state index in [-0.39, 0.29) is 30.3 Å². The monoisotopic (exact) mass is 283 g/mol. The van der Waals surface area contributed by atoms with E-state index in [1.54, 1.807) is 12.3 Å². The predicted octanol–water partition coefficient (Wildman–Crippen LogP) is 1.15. The Kier molecular flexibility index (Phi) is 4.16. The molecule has 1 aliphatic carbocycles. The second kappa shape index (κ2) is 5.66. The Bertz CT molecular complexity index is 482. The first-order chi connectivity index (χ1) is 8.97. The standard InChI is InChI=1S/C12H17N3O3S/c1-6(13)12-15-9(5-19-12)11(18)14-8(4-10(16)17)7-2-3-7/h5-8H,2-4,13H2,1H3,(H,14,18)(H,16,17). The van der Waals surface area contributed by atoms with Crippen molar-refractivity contribution in [3.05, 3.63) is 16.1 Å². The Morgan fingerprint density at radius 3 is 2.79 bits per heavy atom. The van der Waals surface area contributed by atoms with E-state index in [1.165, 1.54) is 11.3 Å². The lowest BCUT2D eigenvalue weighted by molar-refractivity contribution is -0.137. The van der Waals surface area contributed by atoms with Crippen molar-refractivity contribution in [2.45, 2.75) is 38.3 Å². The molecule has 0 saturated heterocycles. The van der Waals surface area contributed by atoms with Crippen LogP contribution in [0.25, 0.3) is 0 Å². The molecule has 1 aromatic rings. The summed E-state index contributed by atoms with van der Waals surface area (Å²) < 4.78 is 0. The number of carboxylic acids is 1. The number of aromatic nitrogens is 1. The van der Waals surface area contributed by atoms with Crippen LogP contribution in [0.3, 0.4) is 0 Å². The molecular weight excluding hydrogens is 266 g/mol. The highest BCUT2D eigenvalue weighted by atomic mass is 32.1. The molecule has 1 heterocycles. The normalized spacial score (nSPS) is 17.8. The number of nitrogens with two attached hydrogens (primary N) is 1. The van der Waals surface area contributed by atoms with E-state index >= 15 is 0 Å². The third-order valence-electron chi connectivity index (χ3n) is 3.05. The van der Waals surface area contributed by atoms with Gasteiger partial charge in [0, 0.05) is 11.4 Å². The van der Waals surface area contributed by atoms with Crippen molar-refractivity contribution in [3.8, 4) is 0 Å². The maximum atomic E-state index is 12.0. The minimum atomic E-state index is -0.897. The number of carboxylic acid groups (broad SMARTS) is 1. The summed E-state index contributed by atoms with van der Waals surface area (Å²) in [4.78, 5) is 26.9. The fourth-order valence-corrected chi connectivity index (χ4v) is 2.62.